The largest absolute Gasteiger partial charge is 0.506 e. The van der Waals surface area contributed by atoms with Gasteiger partial charge in [-0.15, -0.1) is 0 Å². The number of phenolic OH excluding ortho intramolecular Hbond substituents is 1. The molecule has 0 radical (unpaired) electrons. The van der Waals surface area contributed by atoms with E-state index < -0.39 is 0 Å². The highest BCUT2D eigenvalue weighted by Crippen LogP contribution is 2.25. The molecule has 4 nitrogen and oxygen atoms in total. The normalized spacial score (nSPS) is 10.5. The standard InChI is InChI=1S/C21H20N2O2/c1-15-12-13-18(19(24)14-15)22-21(25)23-20(16-8-4-2-5-9-16)17-10-6-3-7-11-17/h2-14,20,24H,1H3,(H2,22,23,25). The molecule has 0 saturated carbocycles. The van der Waals surface area contributed by atoms with Crippen molar-refractivity contribution in [1.82, 2.24) is 5.32 Å². The maximum Gasteiger partial charge on any atom is 0.320 e. The SMILES string of the molecule is Cc1ccc(NC(=O)NC(c2ccccc2)c2ccccc2)c(O)c1. The third kappa shape index (κ3) is 4.18. The van der Waals surface area contributed by atoms with Crippen LogP contribution in [0.4, 0.5) is 10.5 Å². The van der Waals surface area contributed by atoms with Gasteiger partial charge in [0.15, 0.2) is 0 Å². The van der Waals surface area contributed by atoms with E-state index in [1.165, 1.54) is 0 Å². The summed E-state index contributed by atoms with van der Waals surface area (Å²) in [5, 5.41) is 15.7. The average Bonchev–Trinajstić information content (AvgIpc) is 2.63. The summed E-state index contributed by atoms with van der Waals surface area (Å²) in [5.74, 6) is 0.0473. The van der Waals surface area contributed by atoms with E-state index in [0.717, 1.165) is 16.7 Å². The molecule has 0 heterocycles. The van der Waals surface area contributed by atoms with Gasteiger partial charge in [-0.1, -0.05) is 66.7 Å². The summed E-state index contributed by atoms with van der Waals surface area (Å²) in [6.45, 7) is 1.88. The Kier molecular flexibility index (Phi) is 5.00. The number of nitrogens with one attached hydrogen (secondary N) is 2. The van der Waals surface area contributed by atoms with E-state index in [-0.39, 0.29) is 17.8 Å². The Bertz CT molecular complexity index is 809. The van der Waals surface area contributed by atoms with E-state index in [2.05, 4.69) is 10.6 Å². The number of anilines is 1. The molecule has 0 spiro atoms. The van der Waals surface area contributed by atoms with Crippen molar-refractivity contribution in [2.24, 2.45) is 0 Å². The summed E-state index contributed by atoms with van der Waals surface area (Å²) in [5.41, 5.74) is 3.27. The molecule has 3 rings (SSSR count). The Morgan fingerprint density at radius 3 is 1.96 bits per heavy atom. The van der Waals surface area contributed by atoms with Crippen molar-refractivity contribution in [3.63, 3.8) is 0 Å². The molecule has 4 heteroatoms. The van der Waals surface area contributed by atoms with Crippen LogP contribution in [0.2, 0.25) is 0 Å². The molecule has 25 heavy (non-hydrogen) atoms. The Labute approximate surface area is 147 Å². The molecule has 126 valence electrons. The molecule has 0 saturated heterocycles. The number of urea groups is 1. The van der Waals surface area contributed by atoms with Gasteiger partial charge in [-0.05, 0) is 35.7 Å². The fourth-order valence-electron chi connectivity index (χ4n) is 2.69. The van der Waals surface area contributed by atoms with Crippen molar-refractivity contribution in [3.05, 3.63) is 95.6 Å². The van der Waals surface area contributed by atoms with Gasteiger partial charge in [-0.2, -0.15) is 0 Å². The lowest BCUT2D eigenvalue weighted by Gasteiger charge is -2.20. The molecule has 0 aromatic heterocycles. The summed E-state index contributed by atoms with van der Waals surface area (Å²) < 4.78 is 0. The maximum atomic E-state index is 12.5. The number of hydrogen-bond donors (Lipinski definition) is 3. The van der Waals surface area contributed by atoms with Crippen LogP contribution >= 0.6 is 0 Å². The molecule has 0 atom stereocenters. The summed E-state index contributed by atoms with van der Waals surface area (Å²) in [7, 11) is 0. The van der Waals surface area contributed by atoms with Gasteiger partial charge in [-0.3, -0.25) is 0 Å². The number of hydrogen-bond acceptors (Lipinski definition) is 2. The molecule has 3 N–H and O–H groups in total. The van der Waals surface area contributed by atoms with Gasteiger partial charge in [0.25, 0.3) is 0 Å². The first-order chi connectivity index (χ1) is 12.1. The number of aryl methyl sites for hydroxylation is 1. The Hall–Kier alpha value is -3.27. The lowest BCUT2D eigenvalue weighted by Crippen LogP contribution is -2.33. The monoisotopic (exact) mass is 332 g/mol. The Balaban J connectivity index is 1.82. The zero-order valence-corrected chi connectivity index (χ0v) is 13.9. The predicted molar refractivity (Wildman–Crippen MR) is 99.7 cm³/mol. The van der Waals surface area contributed by atoms with Gasteiger partial charge in [0.1, 0.15) is 5.75 Å². The molecule has 0 bridgehead atoms. The van der Waals surface area contributed by atoms with E-state index >= 15 is 0 Å². The highest BCUT2D eigenvalue weighted by atomic mass is 16.3. The minimum Gasteiger partial charge on any atom is -0.506 e. The van der Waals surface area contributed by atoms with Crippen LogP contribution in [0.1, 0.15) is 22.7 Å². The first-order valence-corrected chi connectivity index (χ1v) is 8.10. The third-order valence-electron chi connectivity index (χ3n) is 3.94. The Morgan fingerprint density at radius 2 is 1.44 bits per heavy atom. The van der Waals surface area contributed by atoms with E-state index in [1.807, 2.05) is 73.7 Å². The van der Waals surface area contributed by atoms with Crippen LogP contribution in [-0.4, -0.2) is 11.1 Å². The smallest absolute Gasteiger partial charge is 0.320 e. The molecule has 0 aliphatic carbocycles. The highest BCUT2D eigenvalue weighted by Gasteiger charge is 2.17. The minimum atomic E-state index is -0.378. The molecule has 3 aromatic carbocycles. The van der Waals surface area contributed by atoms with Gasteiger partial charge < -0.3 is 15.7 Å². The van der Waals surface area contributed by atoms with Gasteiger partial charge in [0.2, 0.25) is 0 Å². The third-order valence-corrected chi connectivity index (χ3v) is 3.94. The van der Waals surface area contributed by atoms with E-state index in [0.29, 0.717) is 5.69 Å². The summed E-state index contributed by atoms with van der Waals surface area (Å²) in [6, 6.07) is 24.0. The highest BCUT2D eigenvalue weighted by molar-refractivity contribution is 5.91. The second-order valence-electron chi connectivity index (χ2n) is 5.87. The van der Waals surface area contributed by atoms with E-state index in [4.69, 9.17) is 0 Å². The first kappa shape index (κ1) is 16.6. The quantitative estimate of drug-likeness (QED) is 0.611. The molecule has 0 unspecified atom stereocenters. The minimum absolute atomic E-state index is 0.0473. The molecule has 0 aliphatic heterocycles. The van der Waals surface area contributed by atoms with Crippen LogP contribution in [-0.2, 0) is 0 Å². The number of phenols is 1. The zero-order valence-electron chi connectivity index (χ0n) is 13.9. The van der Waals surface area contributed by atoms with Crippen LogP contribution in [0.15, 0.2) is 78.9 Å². The van der Waals surface area contributed by atoms with Crippen LogP contribution < -0.4 is 10.6 Å². The number of carbonyl (C=O) groups excluding carboxylic acids is 1. The second kappa shape index (κ2) is 7.53. The number of rotatable bonds is 4. The fourth-order valence-corrected chi connectivity index (χ4v) is 2.69. The lowest BCUT2D eigenvalue weighted by atomic mass is 9.99. The van der Waals surface area contributed by atoms with Gasteiger partial charge in [0, 0.05) is 0 Å². The number of carbonyl (C=O) groups is 1. The average molecular weight is 332 g/mol. The fraction of sp³-hybridized carbons (Fsp3) is 0.0952. The van der Waals surface area contributed by atoms with Crippen molar-refractivity contribution >= 4 is 11.7 Å². The zero-order chi connectivity index (χ0) is 17.6. The Morgan fingerprint density at radius 1 is 0.880 bits per heavy atom. The van der Waals surface area contributed by atoms with Crippen molar-refractivity contribution in [2.45, 2.75) is 13.0 Å². The van der Waals surface area contributed by atoms with Crippen LogP contribution in [0.25, 0.3) is 0 Å². The summed E-state index contributed by atoms with van der Waals surface area (Å²) in [4.78, 5) is 12.5. The van der Waals surface area contributed by atoms with Gasteiger partial charge >= 0.3 is 6.03 Å². The van der Waals surface area contributed by atoms with Crippen LogP contribution in [0.3, 0.4) is 0 Å². The molecular weight excluding hydrogens is 312 g/mol. The predicted octanol–water partition coefficient (Wildman–Crippen LogP) is 4.61. The number of amides is 2. The number of benzene rings is 3. The van der Waals surface area contributed by atoms with Crippen molar-refractivity contribution in [3.8, 4) is 5.75 Å². The maximum absolute atomic E-state index is 12.5. The molecule has 0 aliphatic rings. The van der Waals surface area contributed by atoms with E-state index in [9.17, 15) is 9.90 Å². The molecular formula is C21H20N2O2. The van der Waals surface area contributed by atoms with Crippen molar-refractivity contribution in [2.75, 3.05) is 5.32 Å². The van der Waals surface area contributed by atoms with E-state index in [1.54, 1.807) is 12.1 Å². The lowest BCUT2D eigenvalue weighted by molar-refractivity contribution is 0.250. The number of aromatic hydroxyl groups is 1. The second-order valence-corrected chi connectivity index (χ2v) is 5.87. The first-order valence-electron chi connectivity index (χ1n) is 8.10. The van der Waals surface area contributed by atoms with Crippen molar-refractivity contribution < 1.29 is 9.90 Å². The van der Waals surface area contributed by atoms with Gasteiger partial charge in [-0.25, -0.2) is 4.79 Å². The van der Waals surface area contributed by atoms with Crippen molar-refractivity contribution in [1.29, 1.82) is 0 Å². The molecule has 2 amide bonds. The summed E-state index contributed by atoms with van der Waals surface area (Å²) in [6.07, 6.45) is 0. The van der Waals surface area contributed by atoms with Gasteiger partial charge in [0.05, 0.1) is 11.7 Å². The molecule has 3 aromatic rings. The van der Waals surface area contributed by atoms with Crippen LogP contribution in [0.5, 0.6) is 5.75 Å². The summed E-state index contributed by atoms with van der Waals surface area (Å²) >= 11 is 0. The molecule has 0 fully saturated rings. The van der Waals surface area contributed by atoms with Crippen LogP contribution in [0, 0.1) is 6.92 Å². The topological polar surface area (TPSA) is 61.4 Å².